The number of morpholine rings is 1. The van der Waals surface area contributed by atoms with Gasteiger partial charge in [0.05, 0.1) is 25.1 Å². The minimum Gasteiger partial charge on any atom is -0.378 e. The predicted octanol–water partition coefficient (Wildman–Crippen LogP) is 2.33. The van der Waals surface area contributed by atoms with Gasteiger partial charge >= 0.3 is 0 Å². The second-order valence-electron chi connectivity index (χ2n) is 6.07. The number of aromatic nitrogens is 1. The summed E-state index contributed by atoms with van der Waals surface area (Å²) < 4.78 is 5.32. The molecule has 2 amide bonds. The zero-order valence-corrected chi connectivity index (χ0v) is 15.5. The molecule has 1 aliphatic heterocycles. The number of anilines is 2. The van der Waals surface area contributed by atoms with Crippen molar-refractivity contribution in [2.45, 2.75) is 6.42 Å². The molecule has 1 fully saturated rings. The molecule has 0 aliphatic carbocycles. The van der Waals surface area contributed by atoms with Crippen molar-refractivity contribution < 1.29 is 14.3 Å². The Bertz CT molecular complexity index is 775. The first-order valence-corrected chi connectivity index (χ1v) is 9.12. The lowest BCUT2D eigenvalue weighted by molar-refractivity contribution is -0.116. The van der Waals surface area contributed by atoms with Crippen molar-refractivity contribution in [2.24, 2.45) is 0 Å². The molecule has 0 atom stereocenters. The number of rotatable bonds is 6. The van der Waals surface area contributed by atoms with Crippen molar-refractivity contribution in [1.82, 2.24) is 10.3 Å². The predicted molar refractivity (Wildman–Crippen MR) is 104 cm³/mol. The maximum absolute atomic E-state index is 12.0. The van der Waals surface area contributed by atoms with E-state index in [1.807, 2.05) is 12.1 Å². The van der Waals surface area contributed by atoms with E-state index >= 15 is 0 Å². The molecule has 142 valence electrons. The first kappa shape index (κ1) is 19.1. The second kappa shape index (κ2) is 9.34. The number of nitrogens with one attached hydrogen (secondary N) is 2. The first-order valence-electron chi connectivity index (χ1n) is 8.74. The maximum Gasteiger partial charge on any atom is 0.251 e. The van der Waals surface area contributed by atoms with Gasteiger partial charge in [-0.15, -0.1) is 0 Å². The molecule has 7 nitrogen and oxygen atoms in total. The summed E-state index contributed by atoms with van der Waals surface area (Å²) in [7, 11) is 0. The Kier molecular flexibility index (Phi) is 6.62. The molecule has 0 unspecified atom stereocenters. The van der Waals surface area contributed by atoms with Gasteiger partial charge in [0.25, 0.3) is 5.91 Å². The van der Waals surface area contributed by atoms with Crippen LogP contribution in [0.4, 0.5) is 11.5 Å². The Hall–Kier alpha value is -2.64. The number of halogens is 1. The molecule has 2 aromatic rings. The van der Waals surface area contributed by atoms with Crippen LogP contribution in [0.5, 0.6) is 0 Å². The van der Waals surface area contributed by atoms with Gasteiger partial charge in [0.2, 0.25) is 5.91 Å². The summed E-state index contributed by atoms with van der Waals surface area (Å²) in [6.45, 7) is 3.26. The Morgan fingerprint density at radius 3 is 2.52 bits per heavy atom. The van der Waals surface area contributed by atoms with Gasteiger partial charge in [-0.05, 0) is 36.4 Å². The van der Waals surface area contributed by atoms with Gasteiger partial charge in [0.1, 0.15) is 5.82 Å². The molecule has 1 aromatic heterocycles. The minimum absolute atomic E-state index is 0.171. The van der Waals surface area contributed by atoms with Gasteiger partial charge in [-0.3, -0.25) is 9.59 Å². The van der Waals surface area contributed by atoms with Crippen LogP contribution in [0, 0.1) is 0 Å². The van der Waals surface area contributed by atoms with E-state index in [0.29, 0.717) is 29.5 Å². The van der Waals surface area contributed by atoms with E-state index < -0.39 is 0 Å². The fourth-order valence-corrected chi connectivity index (χ4v) is 2.78. The van der Waals surface area contributed by atoms with Crippen LogP contribution < -0.4 is 15.5 Å². The summed E-state index contributed by atoms with van der Waals surface area (Å²) in [5, 5.41) is 6.06. The Labute approximate surface area is 162 Å². The van der Waals surface area contributed by atoms with E-state index in [2.05, 4.69) is 20.5 Å². The highest BCUT2D eigenvalue weighted by atomic mass is 35.5. The van der Waals surface area contributed by atoms with Gasteiger partial charge < -0.3 is 20.3 Å². The summed E-state index contributed by atoms with van der Waals surface area (Å²) in [6, 6.07) is 10.3. The molecule has 8 heteroatoms. The van der Waals surface area contributed by atoms with Crippen LogP contribution in [0.3, 0.4) is 0 Å². The van der Waals surface area contributed by atoms with E-state index in [-0.39, 0.29) is 24.8 Å². The highest BCUT2D eigenvalue weighted by molar-refractivity contribution is 6.30. The molecule has 2 heterocycles. The lowest BCUT2D eigenvalue weighted by atomic mass is 10.2. The number of ether oxygens (including phenoxy) is 1. The summed E-state index contributed by atoms with van der Waals surface area (Å²) in [5.74, 6) is 0.440. The van der Waals surface area contributed by atoms with Gasteiger partial charge in [-0.25, -0.2) is 4.98 Å². The molecular formula is C19H21ClN4O3. The van der Waals surface area contributed by atoms with E-state index in [9.17, 15) is 9.59 Å². The number of nitrogens with zero attached hydrogens (tertiary/aromatic N) is 2. The monoisotopic (exact) mass is 388 g/mol. The number of carbonyl (C=O) groups is 2. The van der Waals surface area contributed by atoms with Crippen molar-refractivity contribution in [3.05, 3.63) is 53.2 Å². The Morgan fingerprint density at radius 1 is 1.11 bits per heavy atom. The Morgan fingerprint density at radius 2 is 1.85 bits per heavy atom. The van der Waals surface area contributed by atoms with Gasteiger partial charge in [0, 0.05) is 36.6 Å². The van der Waals surface area contributed by atoms with E-state index in [4.69, 9.17) is 16.3 Å². The molecule has 27 heavy (non-hydrogen) atoms. The fourth-order valence-electron chi connectivity index (χ4n) is 2.66. The zero-order chi connectivity index (χ0) is 19.1. The number of hydrogen-bond donors (Lipinski definition) is 2. The van der Waals surface area contributed by atoms with Crippen LogP contribution >= 0.6 is 11.6 Å². The zero-order valence-electron chi connectivity index (χ0n) is 14.8. The van der Waals surface area contributed by atoms with E-state index in [1.54, 1.807) is 30.5 Å². The van der Waals surface area contributed by atoms with Crippen LogP contribution in [0.1, 0.15) is 16.8 Å². The molecule has 0 saturated carbocycles. The average molecular weight is 389 g/mol. The highest BCUT2D eigenvalue weighted by Crippen LogP contribution is 2.15. The van der Waals surface area contributed by atoms with Crippen molar-refractivity contribution in [3.63, 3.8) is 0 Å². The molecule has 2 N–H and O–H groups in total. The van der Waals surface area contributed by atoms with Gasteiger partial charge in [-0.2, -0.15) is 0 Å². The van der Waals surface area contributed by atoms with Crippen molar-refractivity contribution in [1.29, 1.82) is 0 Å². The standard InChI is InChI=1S/C19H21ClN4O3/c20-15-3-1-14(2-4-15)19(26)21-8-7-18(25)23-16-5-6-17(22-13-16)24-9-11-27-12-10-24/h1-6,13H,7-12H2,(H,21,26)(H,23,25). The smallest absolute Gasteiger partial charge is 0.251 e. The minimum atomic E-state index is -0.240. The molecule has 0 spiro atoms. The number of pyridine rings is 1. The summed E-state index contributed by atoms with van der Waals surface area (Å²) in [6.07, 6.45) is 1.81. The second-order valence-corrected chi connectivity index (χ2v) is 6.50. The third-order valence-corrected chi connectivity index (χ3v) is 4.36. The Balaban J connectivity index is 1.42. The van der Waals surface area contributed by atoms with Crippen molar-refractivity contribution >= 4 is 34.9 Å². The molecular weight excluding hydrogens is 368 g/mol. The number of benzene rings is 1. The molecule has 1 aliphatic rings. The SMILES string of the molecule is O=C(CCNC(=O)c1ccc(Cl)cc1)Nc1ccc(N2CCOCC2)nc1. The number of amides is 2. The number of carbonyl (C=O) groups excluding carboxylic acids is 2. The molecule has 1 aromatic carbocycles. The maximum atomic E-state index is 12.0. The lowest BCUT2D eigenvalue weighted by Gasteiger charge is -2.27. The number of hydrogen-bond acceptors (Lipinski definition) is 5. The largest absolute Gasteiger partial charge is 0.378 e. The molecule has 0 bridgehead atoms. The first-order chi connectivity index (χ1) is 13.1. The van der Waals surface area contributed by atoms with Crippen LogP contribution in [-0.2, 0) is 9.53 Å². The quantitative estimate of drug-likeness (QED) is 0.793. The normalized spacial score (nSPS) is 13.9. The van der Waals surface area contributed by atoms with Crippen LogP contribution in [0.25, 0.3) is 0 Å². The molecule has 0 radical (unpaired) electrons. The summed E-state index contributed by atoms with van der Waals surface area (Å²) in [4.78, 5) is 30.5. The summed E-state index contributed by atoms with van der Waals surface area (Å²) in [5.41, 5.74) is 1.13. The highest BCUT2D eigenvalue weighted by Gasteiger charge is 2.12. The van der Waals surface area contributed by atoms with Gasteiger partial charge in [-0.1, -0.05) is 11.6 Å². The van der Waals surface area contributed by atoms with E-state index in [1.165, 1.54) is 0 Å². The fraction of sp³-hybridized carbons (Fsp3) is 0.316. The van der Waals surface area contributed by atoms with E-state index in [0.717, 1.165) is 18.9 Å². The summed E-state index contributed by atoms with van der Waals surface area (Å²) >= 11 is 5.80. The van der Waals surface area contributed by atoms with Gasteiger partial charge in [0.15, 0.2) is 0 Å². The average Bonchev–Trinajstić information content (AvgIpc) is 2.69. The lowest BCUT2D eigenvalue weighted by Crippen LogP contribution is -2.36. The van der Waals surface area contributed by atoms with Crippen LogP contribution in [0.15, 0.2) is 42.6 Å². The molecule has 1 saturated heterocycles. The van der Waals surface area contributed by atoms with Crippen LogP contribution in [0.2, 0.25) is 5.02 Å². The molecule has 3 rings (SSSR count). The third-order valence-electron chi connectivity index (χ3n) is 4.11. The van der Waals surface area contributed by atoms with Crippen LogP contribution in [-0.4, -0.2) is 49.6 Å². The third kappa shape index (κ3) is 5.67. The topological polar surface area (TPSA) is 83.6 Å². The van der Waals surface area contributed by atoms with Crippen molar-refractivity contribution in [3.8, 4) is 0 Å². The van der Waals surface area contributed by atoms with Crippen molar-refractivity contribution in [2.75, 3.05) is 43.1 Å².